The lowest BCUT2D eigenvalue weighted by Crippen LogP contribution is -2.22. The summed E-state index contributed by atoms with van der Waals surface area (Å²) in [5.41, 5.74) is 2.03. The Labute approximate surface area is 143 Å². The van der Waals surface area contributed by atoms with Gasteiger partial charge in [-0.15, -0.1) is 0 Å². The Bertz CT molecular complexity index is 577. The quantitative estimate of drug-likeness (QED) is 0.414. The van der Waals surface area contributed by atoms with Gasteiger partial charge in [0.1, 0.15) is 5.78 Å². The molecule has 0 amide bonds. The van der Waals surface area contributed by atoms with Crippen molar-refractivity contribution in [2.24, 2.45) is 11.8 Å². The van der Waals surface area contributed by atoms with Crippen molar-refractivity contribution < 1.29 is 19.1 Å². The van der Waals surface area contributed by atoms with Gasteiger partial charge in [0.25, 0.3) is 0 Å². The van der Waals surface area contributed by atoms with E-state index in [-0.39, 0.29) is 23.6 Å². The van der Waals surface area contributed by atoms with Crippen molar-refractivity contribution in [3.05, 3.63) is 47.5 Å². The lowest BCUT2D eigenvalue weighted by atomic mass is 9.86. The maximum atomic E-state index is 12.1. The molecule has 24 heavy (non-hydrogen) atoms. The molecule has 1 aromatic rings. The second-order valence-corrected chi connectivity index (χ2v) is 6.19. The van der Waals surface area contributed by atoms with Gasteiger partial charge in [0.2, 0.25) is 0 Å². The van der Waals surface area contributed by atoms with E-state index in [1.807, 2.05) is 43.3 Å². The molecule has 0 heterocycles. The minimum atomic E-state index is -0.379. The van der Waals surface area contributed by atoms with Crippen LogP contribution in [-0.4, -0.2) is 25.5 Å². The molecule has 4 heteroatoms. The SMILES string of the molecule is COC(=O)C(C)/C(=C/CCOCc1ccccc1)C1CCCC1=O. The molecule has 4 nitrogen and oxygen atoms in total. The van der Waals surface area contributed by atoms with Crippen molar-refractivity contribution in [3.8, 4) is 0 Å². The van der Waals surface area contributed by atoms with Crippen LogP contribution in [0.25, 0.3) is 0 Å². The molecule has 0 bridgehead atoms. The number of esters is 1. The second kappa shape index (κ2) is 9.38. The average molecular weight is 330 g/mol. The summed E-state index contributed by atoms with van der Waals surface area (Å²) in [7, 11) is 1.38. The maximum Gasteiger partial charge on any atom is 0.312 e. The van der Waals surface area contributed by atoms with Gasteiger partial charge in [0, 0.05) is 12.3 Å². The van der Waals surface area contributed by atoms with Gasteiger partial charge in [-0.2, -0.15) is 0 Å². The van der Waals surface area contributed by atoms with E-state index in [0.29, 0.717) is 26.1 Å². The summed E-state index contributed by atoms with van der Waals surface area (Å²) in [6, 6.07) is 10.0. The number of ketones is 1. The number of rotatable bonds is 8. The molecule has 0 aromatic heterocycles. The molecular formula is C20H26O4. The van der Waals surface area contributed by atoms with Crippen molar-refractivity contribution in [2.45, 2.75) is 39.2 Å². The van der Waals surface area contributed by atoms with Crippen molar-refractivity contribution in [1.82, 2.24) is 0 Å². The summed E-state index contributed by atoms with van der Waals surface area (Å²) in [6.45, 7) is 2.94. The van der Waals surface area contributed by atoms with Crippen LogP contribution in [-0.2, 0) is 25.7 Å². The third-order valence-electron chi connectivity index (χ3n) is 4.52. The minimum Gasteiger partial charge on any atom is -0.469 e. The van der Waals surface area contributed by atoms with Crippen LogP contribution in [0.3, 0.4) is 0 Å². The van der Waals surface area contributed by atoms with Crippen molar-refractivity contribution in [2.75, 3.05) is 13.7 Å². The van der Waals surface area contributed by atoms with Gasteiger partial charge >= 0.3 is 5.97 Å². The fourth-order valence-electron chi connectivity index (χ4n) is 3.18. The first-order chi connectivity index (χ1) is 11.6. The minimum absolute atomic E-state index is 0.131. The number of carbonyl (C=O) groups excluding carboxylic acids is 2. The number of hydrogen-bond acceptors (Lipinski definition) is 4. The largest absolute Gasteiger partial charge is 0.469 e. The highest BCUT2D eigenvalue weighted by atomic mass is 16.5. The van der Waals surface area contributed by atoms with Gasteiger partial charge in [-0.05, 0) is 37.3 Å². The van der Waals surface area contributed by atoms with E-state index < -0.39 is 0 Å². The predicted molar refractivity (Wildman–Crippen MR) is 92.3 cm³/mol. The molecule has 0 N–H and O–H groups in total. The molecule has 0 spiro atoms. The van der Waals surface area contributed by atoms with Crippen LogP contribution in [0.5, 0.6) is 0 Å². The first-order valence-electron chi connectivity index (χ1n) is 8.55. The van der Waals surface area contributed by atoms with Gasteiger partial charge in [-0.3, -0.25) is 9.59 Å². The number of benzene rings is 1. The van der Waals surface area contributed by atoms with E-state index >= 15 is 0 Å². The van der Waals surface area contributed by atoms with Crippen molar-refractivity contribution >= 4 is 11.8 Å². The molecule has 1 aliphatic rings. The number of methoxy groups -OCH3 is 1. The predicted octanol–water partition coefficient (Wildman–Crippen LogP) is 3.70. The smallest absolute Gasteiger partial charge is 0.312 e. The Kier molecular flexibility index (Phi) is 7.19. The van der Waals surface area contributed by atoms with Crippen LogP contribution < -0.4 is 0 Å². The first kappa shape index (κ1) is 18.4. The Morgan fingerprint density at radius 1 is 1.33 bits per heavy atom. The number of carbonyl (C=O) groups is 2. The highest BCUT2D eigenvalue weighted by Gasteiger charge is 2.32. The Hall–Kier alpha value is -1.94. The highest BCUT2D eigenvalue weighted by Crippen LogP contribution is 2.33. The van der Waals surface area contributed by atoms with E-state index in [2.05, 4.69) is 0 Å². The Morgan fingerprint density at radius 2 is 2.08 bits per heavy atom. The highest BCUT2D eigenvalue weighted by molar-refractivity contribution is 5.87. The molecule has 2 rings (SSSR count). The molecule has 130 valence electrons. The van der Waals surface area contributed by atoms with Gasteiger partial charge in [0.15, 0.2) is 0 Å². The summed E-state index contributed by atoms with van der Waals surface area (Å²) < 4.78 is 10.5. The third kappa shape index (κ3) is 5.03. The number of hydrogen-bond donors (Lipinski definition) is 0. The average Bonchev–Trinajstić information content (AvgIpc) is 3.03. The van der Waals surface area contributed by atoms with Crippen LogP contribution >= 0.6 is 0 Å². The third-order valence-corrected chi connectivity index (χ3v) is 4.52. The molecule has 0 radical (unpaired) electrons. The molecule has 2 unspecified atom stereocenters. The van der Waals surface area contributed by atoms with Crippen LogP contribution in [0, 0.1) is 11.8 Å². The molecule has 2 atom stereocenters. The van der Waals surface area contributed by atoms with Gasteiger partial charge in [-0.25, -0.2) is 0 Å². The lowest BCUT2D eigenvalue weighted by Gasteiger charge is -2.19. The van der Waals surface area contributed by atoms with Crippen LogP contribution in [0.1, 0.15) is 38.2 Å². The summed E-state index contributed by atoms with van der Waals surface area (Å²) in [5, 5.41) is 0. The summed E-state index contributed by atoms with van der Waals surface area (Å²) in [5.74, 6) is -0.558. The zero-order chi connectivity index (χ0) is 17.4. The molecular weight excluding hydrogens is 304 g/mol. The van der Waals surface area contributed by atoms with E-state index in [9.17, 15) is 9.59 Å². The summed E-state index contributed by atoms with van der Waals surface area (Å²) >= 11 is 0. The van der Waals surface area contributed by atoms with E-state index in [1.54, 1.807) is 0 Å². The molecule has 1 fully saturated rings. The Morgan fingerprint density at radius 3 is 2.71 bits per heavy atom. The van der Waals surface area contributed by atoms with E-state index in [0.717, 1.165) is 24.0 Å². The molecule has 1 saturated carbocycles. The normalized spacial score (nSPS) is 19.3. The maximum absolute atomic E-state index is 12.1. The van der Waals surface area contributed by atoms with Crippen LogP contribution in [0.4, 0.5) is 0 Å². The Balaban J connectivity index is 1.92. The second-order valence-electron chi connectivity index (χ2n) is 6.19. The van der Waals surface area contributed by atoms with Crippen molar-refractivity contribution in [1.29, 1.82) is 0 Å². The lowest BCUT2D eigenvalue weighted by molar-refractivity contribution is -0.143. The molecule has 0 saturated heterocycles. The van der Waals surface area contributed by atoms with Crippen LogP contribution in [0.15, 0.2) is 42.0 Å². The van der Waals surface area contributed by atoms with E-state index in [4.69, 9.17) is 9.47 Å². The zero-order valence-electron chi connectivity index (χ0n) is 14.5. The number of Topliss-reactive ketones (excluding diaryl/α,β-unsaturated/α-hetero) is 1. The summed E-state index contributed by atoms with van der Waals surface area (Å²) in [6.07, 6.45) is 5.03. The van der Waals surface area contributed by atoms with Gasteiger partial charge < -0.3 is 9.47 Å². The fourth-order valence-corrected chi connectivity index (χ4v) is 3.18. The van der Waals surface area contributed by atoms with Crippen LogP contribution in [0.2, 0.25) is 0 Å². The topological polar surface area (TPSA) is 52.6 Å². The summed E-state index contributed by atoms with van der Waals surface area (Å²) in [4.78, 5) is 24.0. The molecule has 1 aromatic carbocycles. The standard InChI is InChI=1S/C20H26O4/c1-15(20(22)23-2)17(18-10-6-12-19(18)21)11-7-13-24-14-16-8-4-3-5-9-16/h3-5,8-9,11,15,18H,6-7,10,12-14H2,1-2H3/b17-11-. The van der Waals surface area contributed by atoms with Crippen molar-refractivity contribution in [3.63, 3.8) is 0 Å². The van der Waals surface area contributed by atoms with Gasteiger partial charge in [0.05, 0.1) is 26.2 Å². The molecule has 0 aliphatic heterocycles. The monoisotopic (exact) mass is 330 g/mol. The van der Waals surface area contributed by atoms with Gasteiger partial charge in [-0.1, -0.05) is 36.4 Å². The number of ether oxygens (including phenoxy) is 2. The fraction of sp³-hybridized carbons (Fsp3) is 0.500. The zero-order valence-corrected chi connectivity index (χ0v) is 14.5. The van der Waals surface area contributed by atoms with E-state index in [1.165, 1.54) is 7.11 Å². The molecule has 1 aliphatic carbocycles. The first-order valence-corrected chi connectivity index (χ1v) is 8.55.